The molecular formula is C11H19N3O2. The van der Waals surface area contributed by atoms with Crippen LogP contribution in [0.2, 0.25) is 0 Å². The number of carbonyl (C=O) groups is 1. The van der Waals surface area contributed by atoms with Gasteiger partial charge in [-0.3, -0.25) is 4.79 Å². The molecule has 0 radical (unpaired) electrons. The number of carbonyl (C=O) groups excluding carboxylic acids is 1. The van der Waals surface area contributed by atoms with Gasteiger partial charge in [0.2, 0.25) is 0 Å². The first-order valence-corrected chi connectivity index (χ1v) is 5.12. The van der Waals surface area contributed by atoms with Crippen molar-refractivity contribution in [3.05, 3.63) is 11.8 Å². The molecule has 0 atom stereocenters. The highest BCUT2D eigenvalue weighted by molar-refractivity contribution is 5.97. The highest BCUT2D eigenvalue weighted by Gasteiger charge is 2.15. The standard InChI is InChI=1S/C11H19N3O2/c1-8(2)14-10(16)9(5-12)6-13-11(3,4)7-15/h6,8,13,15H,7H2,1-4H3,(H,14,16)/b9-6-. The quantitative estimate of drug-likeness (QED) is 0.463. The van der Waals surface area contributed by atoms with Gasteiger partial charge in [0.1, 0.15) is 11.6 Å². The Balaban J connectivity index is 4.57. The summed E-state index contributed by atoms with van der Waals surface area (Å²) >= 11 is 0. The number of amides is 1. The van der Waals surface area contributed by atoms with E-state index in [0.717, 1.165) is 0 Å². The Kier molecular flexibility index (Phi) is 5.54. The van der Waals surface area contributed by atoms with Gasteiger partial charge in [-0.15, -0.1) is 0 Å². The average molecular weight is 225 g/mol. The third-order valence-electron chi connectivity index (χ3n) is 1.79. The van der Waals surface area contributed by atoms with Crippen molar-refractivity contribution in [2.24, 2.45) is 0 Å². The van der Waals surface area contributed by atoms with Crippen molar-refractivity contribution in [3.63, 3.8) is 0 Å². The molecule has 5 heteroatoms. The maximum atomic E-state index is 11.5. The van der Waals surface area contributed by atoms with Gasteiger partial charge in [-0.05, 0) is 27.7 Å². The molecule has 0 heterocycles. The number of aliphatic hydroxyl groups is 1. The van der Waals surface area contributed by atoms with E-state index in [-0.39, 0.29) is 18.2 Å². The average Bonchev–Trinajstić information content (AvgIpc) is 2.17. The Morgan fingerprint density at radius 2 is 2.12 bits per heavy atom. The Hall–Kier alpha value is -1.54. The molecule has 5 nitrogen and oxygen atoms in total. The second-order valence-electron chi connectivity index (χ2n) is 4.48. The van der Waals surface area contributed by atoms with E-state index in [1.54, 1.807) is 13.8 Å². The molecule has 0 saturated carbocycles. The first kappa shape index (κ1) is 14.5. The van der Waals surface area contributed by atoms with Gasteiger partial charge in [0, 0.05) is 12.2 Å². The van der Waals surface area contributed by atoms with Gasteiger partial charge in [0.05, 0.1) is 12.1 Å². The van der Waals surface area contributed by atoms with Gasteiger partial charge < -0.3 is 15.7 Å². The van der Waals surface area contributed by atoms with Crippen molar-refractivity contribution < 1.29 is 9.90 Å². The number of hydrogen-bond donors (Lipinski definition) is 3. The second kappa shape index (κ2) is 6.13. The zero-order chi connectivity index (χ0) is 12.8. The maximum absolute atomic E-state index is 11.5. The minimum absolute atomic E-state index is 0.00442. The maximum Gasteiger partial charge on any atom is 0.263 e. The molecule has 0 rings (SSSR count). The van der Waals surface area contributed by atoms with E-state index in [1.165, 1.54) is 6.20 Å². The fraction of sp³-hybridized carbons (Fsp3) is 0.636. The number of nitrogens with one attached hydrogen (secondary N) is 2. The summed E-state index contributed by atoms with van der Waals surface area (Å²) in [6.45, 7) is 7.07. The zero-order valence-corrected chi connectivity index (χ0v) is 10.2. The first-order valence-electron chi connectivity index (χ1n) is 5.12. The Bertz CT molecular complexity index is 314. The number of hydrogen-bond acceptors (Lipinski definition) is 4. The fourth-order valence-electron chi connectivity index (χ4n) is 0.802. The molecule has 0 aliphatic rings. The van der Waals surface area contributed by atoms with E-state index in [0.29, 0.717) is 0 Å². The lowest BCUT2D eigenvalue weighted by molar-refractivity contribution is -0.117. The summed E-state index contributed by atoms with van der Waals surface area (Å²) in [6.07, 6.45) is 1.33. The molecule has 3 N–H and O–H groups in total. The van der Waals surface area contributed by atoms with Gasteiger partial charge in [0.25, 0.3) is 5.91 Å². The largest absolute Gasteiger partial charge is 0.394 e. The predicted octanol–water partition coefficient (Wildman–Crippen LogP) is 0.279. The van der Waals surface area contributed by atoms with Gasteiger partial charge >= 0.3 is 0 Å². The number of aliphatic hydroxyl groups excluding tert-OH is 1. The minimum atomic E-state index is -0.555. The van der Waals surface area contributed by atoms with E-state index in [2.05, 4.69) is 10.6 Å². The van der Waals surface area contributed by atoms with Crippen LogP contribution in [0.25, 0.3) is 0 Å². The second-order valence-corrected chi connectivity index (χ2v) is 4.48. The molecule has 0 aromatic rings. The van der Waals surface area contributed by atoms with Gasteiger partial charge in [-0.1, -0.05) is 0 Å². The molecule has 0 aromatic heterocycles. The monoisotopic (exact) mass is 225 g/mol. The molecule has 0 unspecified atom stereocenters. The van der Waals surface area contributed by atoms with Crippen LogP contribution < -0.4 is 10.6 Å². The van der Waals surface area contributed by atoms with E-state index in [4.69, 9.17) is 10.4 Å². The van der Waals surface area contributed by atoms with Crippen LogP contribution in [0.4, 0.5) is 0 Å². The van der Waals surface area contributed by atoms with Crippen LogP contribution in [0, 0.1) is 11.3 Å². The van der Waals surface area contributed by atoms with Crippen LogP contribution in [-0.2, 0) is 4.79 Å². The van der Waals surface area contributed by atoms with Gasteiger partial charge in [-0.25, -0.2) is 0 Å². The fourth-order valence-corrected chi connectivity index (χ4v) is 0.802. The summed E-state index contributed by atoms with van der Waals surface area (Å²) in [6, 6.07) is 1.79. The summed E-state index contributed by atoms with van der Waals surface area (Å²) in [5.74, 6) is -0.418. The molecule has 0 fully saturated rings. The Morgan fingerprint density at radius 1 is 1.56 bits per heavy atom. The third kappa shape index (κ3) is 5.37. The van der Waals surface area contributed by atoms with E-state index < -0.39 is 11.4 Å². The third-order valence-corrected chi connectivity index (χ3v) is 1.79. The molecule has 1 amide bonds. The predicted molar refractivity (Wildman–Crippen MR) is 61.3 cm³/mol. The van der Waals surface area contributed by atoms with Crippen LogP contribution in [0.1, 0.15) is 27.7 Å². The molecule has 0 bridgehead atoms. The van der Waals surface area contributed by atoms with Crippen molar-refractivity contribution in [2.75, 3.05) is 6.61 Å². The number of rotatable bonds is 5. The van der Waals surface area contributed by atoms with Crippen LogP contribution in [-0.4, -0.2) is 29.2 Å². The molecule has 0 aromatic carbocycles. The summed E-state index contributed by atoms with van der Waals surface area (Å²) in [5, 5.41) is 23.2. The molecule has 0 spiro atoms. The van der Waals surface area contributed by atoms with Gasteiger partial charge in [-0.2, -0.15) is 5.26 Å². The first-order chi connectivity index (χ1) is 7.32. The number of nitrogens with zero attached hydrogens (tertiary/aromatic N) is 1. The van der Waals surface area contributed by atoms with Crippen molar-refractivity contribution in [1.29, 1.82) is 5.26 Å². The minimum Gasteiger partial charge on any atom is -0.394 e. The summed E-state index contributed by atoms with van der Waals surface area (Å²) in [7, 11) is 0. The topological polar surface area (TPSA) is 85.2 Å². The lowest BCUT2D eigenvalue weighted by atomic mass is 10.1. The molecule has 90 valence electrons. The molecule has 0 saturated heterocycles. The van der Waals surface area contributed by atoms with E-state index in [9.17, 15) is 4.79 Å². The van der Waals surface area contributed by atoms with Crippen LogP contribution >= 0.6 is 0 Å². The smallest absolute Gasteiger partial charge is 0.263 e. The van der Waals surface area contributed by atoms with Crippen LogP contribution in [0.15, 0.2) is 11.8 Å². The molecule has 0 aliphatic carbocycles. The Morgan fingerprint density at radius 3 is 2.50 bits per heavy atom. The Labute approximate surface area is 96.1 Å². The molecule has 16 heavy (non-hydrogen) atoms. The summed E-state index contributed by atoms with van der Waals surface area (Å²) in [5.41, 5.74) is -0.560. The lowest BCUT2D eigenvalue weighted by Crippen LogP contribution is -2.40. The summed E-state index contributed by atoms with van der Waals surface area (Å²) in [4.78, 5) is 11.5. The van der Waals surface area contributed by atoms with Crippen LogP contribution in [0.5, 0.6) is 0 Å². The SMILES string of the molecule is CC(C)NC(=O)/C(C#N)=C\NC(C)(C)CO. The van der Waals surface area contributed by atoms with Crippen molar-refractivity contribution >= 4 is 5.91 Å². The summed E-state index contributed by atoms with van der Waals surface area (Å²) < 4.78 is 0. The van der Waals surface area contributed by atoms with Gasteiger partial charge in [0.15, 0.2) is 0 Å². The highest BCUT2D eigenvalue weighted by Crippen LogP contribution is 2.01. The van der Waals surface area contributed by atoms with Crippen molar-refractivity contribution in [2.45, 2.75) is 39.3 Å². The number of nitriles is 1. The zero-order valence-electron chi connectivity index (χ0n) is 10.2. The molecular weight excluding hydrogens is 206 g/mol. The lowest BCUT2D eigenvalue weighted by Gasteiger charge is -2.22. The molecule has 0 aliphatic heterocycles. The van der Waals surface area contributed by atoms with Crippen LogP contribution in [0.3, 0.4) is 0 Å². The van der Waals surface area contributed by atoms with Crippen molar-refractivity contribution in [1.82, 2.24) is 10.6 Å². The normalized spacial score (nSPS) is 12.2. The van der Waals surface area contributed by atoms with Crippen molar-refractivity contribution in [3.8, 4) is 6.07 Å². The van der Waals surface area contributed by atoms with E-state index >= 15 is 0 Å². The van der Waals surface area contributed by atoms with E-state index in [1.807, 2.05) is 19.9 Å². The highest BCUT2D eigenvalue weighted by atomic mass is 16.3.